The third-order valence-corrected chi connectivity index (χ3v) is 1.86. The minimum absolute atomic E-state index is 0.152. The molecule has 0 aromatic heterocycles. The molecule has 11 heavy (non-hydrogen) atoms. The van der Waals surface area contributed by atoms with Crippen LogP contribution in [-0.4, -0.2) is 23.9 Å². The molecule has 0 aliphatic carbocycles. The highest BCUT2D eigenvalue weighted by atomic mass is 16.2. The molecule has 1 aliphatic heterocycles. The van der Waals surface area contributed by atoms with Gasteiger partial charge in [-0.3, -0.25) is 4.79 Å². The molecule has 1 fully saturated rings. The second-order valence-electron chi connectivity index (χ2n) is 3.50. The first-order valence-electron chi connectivity index (χ1n) is 4.08. The Morgan fingerprint density at radius 2 is 2.27 bits per heavy atom. The second kappa shape index (κ2) is 3.07. The van der Waals surface area contributed by atoms with Crippen molar-refractivity contribution in [1.82, 2.24) is 4.90 Å². The molecule has 2 nitrogen and oxygen atoms in total. The average molecular weight is 153 g/mol. The van der Waals surface area contributed by atoms with E-state index in [0.717, 1.165) is 25.1 Å². The second-order valence-corrected chi connectivity index (χ2v) is 3.50. The van der Waals surface area contributed by atoms with Gasteiger partial charge in [0.15, 0.2) is 0 Å². The number of nitrogens with zero attached hydrogens (tertiary/aromatic N) is 1. The molecule has 1 aliphatic rings. The Bertz CT molecular complexity index is 184. The fraction of sp³-hybridized carbons (Fsp3) is 0.667. The van der Waals surface area contributed by atoms with Crippen molar-refractivity contribution in [2.45, 2.75) is 20.3 Å². The van der Waals surface area contributed by atoms with Crippen molar-refractivity contribution in [3.05, 3.63) is 12.2 Å². The van der Waals surface area contributed by atoms with Gasteiger partial charge in [0.1, 0.15) is 0 Å². The van der Waals surface area contributed by atoms with Gasteiger partial charge in [-0.25, -0.2) is 0 Å². The van der Waals surface area contributed by atoms with Gasteiger partial charge in [-0.15, -0.1) is 0 Å². The molecule has 62 valence electrons. The van der Waals surface area contributed by atoms with Gasteiger partial charge in [-0.05, 0) is 12.3 Å². The monoisotopic (exact) mass is 153 g/mol. The van der Waals surface area contributed by atoms with E-state index in [1.807, 2.05) is 4.90 Å². The molecule has 1 rings (SSSR count). The van der Waals surface area contributed by atoms with Gasteiger partial charge in [0.2, 0.25) is 5.91 Å². The van der Waals surface area contributed by atoms with E-state index in [-0.39, 0.29) is 5.91 Å². The molecule has 2 heteroatoms. The van der Waals surface area contributed by atoms with Gasteiger partial charge in [0.05, 0.1) is 0 Å². The van der Waals surface area contributed by atoms with Crippen LogP contribution in [0.25, 0.3) is 0 Å². The van der Waals surface area contributed by atoms with Crippen molar-refractivity contribution in [3.63, 3.8) is 0 Å². The fourth-order valence-electron chi connectivity index (χ4n) is 1.32. The van der Waals surface area contributed by atoms with E-state index in [1.54, 1.807) is 0 Å². The van der Waals surface area contributed by atoms with E-state index in [4.69, 9.17) is 0 Å². The standard InChI is InChI=1S/C9H15NO/c1-7(2)6-10-5-4-8(3)9(10)11/h7H,3-6H2,1-2H3. The van der Waals surface area contributed by atoms with E-state index in [1.165, 1.54) is 0 Å². The maximum atomic E-state index is 11.3. The molecule has 0 bridgehead atoms. The average Bonchev–Trinajstić information content (AvgIpc) is 2.18. The summed E-state index contributed by atoms with van der Waals surface area (Å²) in [6.45, 7) is 9.68. The number of likely N-dealkylation sites (tertiary alicyclic amines) is 1. The Kier molecular flexibility index (Phi) is 2.32. The van der Waals surface area contributed by atoms with Crippen LogP contribution in [0, 0.1) is 5.92 Å². The Morgan fingerprint density at radius 3 is 2.64 bits per heavy atom. The molecule has 0 atom stereocenters. The molecule has 0 aromatic carbocycles. The molecule has 0 spiro atoms. The van der Waals surface area contributed by atoms with Crippen LogP contribution in [0.15, 0.2) is 12.2 Å². The number of carbonyl (C=O) groups excluding carboxylic acids is 1. The fourth-order valence-corrected chi connectivity index (χ4v) is 1.32. The molecule has 1 heterocycles. The van der Waals surface area contributed by atoms with Crippen molar-refractivity contribution in [3.8, 4) is 0 Å². The Balaban J connectivity index is 2.49. The topological polar surface area (TPSA) is 20.3 Å². The van der Waals surface area contributed by atoms with Crippen molar-refractivity contribution in [2.75, 3.05) is 13.1 Å². The maximum Gasteiger partial charge on any atom is 0.249 e. The molecule has 1 amide bonds. The molecule has 0 saturated carbocycles. The number of hydrogen-bond acceptors (Lipinski definition) is 1. The molecule has 0 unspecified atom stereocenters. The number of hydrogen-bond donors (Lipinski definition) is 0. The lowest BCUT2D eigenvalue weighted by Gasteiger charge is -2.17. The first kappa shape index (κ1) is 8.31. The summed E-state index contributed by atoms with van der Waals surface area (Å²) in [4.78, 5) is 13.1. The predicted octanol–water partition coefficient (Wildman–Crippen LogP) is 1.43. The van der Waals surface area contributed by atoms with Crippen LogP contribution >= 0.6 is 0 Å². The zero-order chi connectivity index (χ0) is 8.43. The van der Waals surface area contributed by atoms with E-state index < -0.39 is 0 Å². The zero-order valence-corrected chi connectivity index (χ0v) is 7.26. The lowest BCUT2D eigenvalue weighted by Crippen LogP contribution is -2.28. The molecular weight excluding hydrogens is 138 g/mol. The van der Waals surface area contributed by atoms with E-state index in [9.17, 15) is 4.79 Å². The maximum absolute atomic E-state index is 11.3. The summed E-state index contributed by atoms with van der Waals surface area (Å²) in [5.41, 5.74) is 0.769. The summed E-state index contributed by atoms with van der Waals surface area (Å²) in [6.07, 6.45) is 0.853. The number of carbonyl (C=O) groups is 1. The SMILES string of the molecule is C=C1CCN(CC(C)C)C1=O. The molecular formula is C9H15NO. The van der Waals surface area contributed by atoms with Crippen LogP contribution in [0.1, 0.15) is 20.3 Å². The van der Waals surface area contributed by atoms with Gasteiger partial charge in [-0.2, -0.15) is 0 Å². The van der Waals surface area contributed by atoms with E-state index >= 15 is 0 Å². The van der Waals surface area contributed by atoms with E-state index in [2.05, 4.69) is 20.4 Å². The Labute approximate surface area is 67.9 Å². The third kappa shape index (κ3) is 1.82. The van der Waals surface area contributed by atoms with Crippen LogP contribution in [0.5, 0.6) is 0 Å². The largest absolute Gasteiger partial charge is 0.338 e. The third-order valence-electron chi connectivity index (χ3n) is 1.86. The molecule has 0 N–H and O–H groups in total. The number of rotatable bonds is 2. The summed E-state index contributed by atoms with van der Waals surface area (Å²) in [7, 11) is 0. The van der Waals surface area contributed by atoms with Crippen molar-refractivity contribution < 1.29 is 4.79 Å². The lowest BCUT2D eigenvalue weighted by molar-refractivity contribution is -0.125. The van der Waals surface area contributed by atoms with Gasteiger partial charge in [0, 0.05) is 18.7 Å². The smallest absolute Gasteiger partial charge is 0.249 e. The summed E-state index contributed by atoms with van der Waals surface area (Å²) >= 11 is 0. The minimum atomic E-state index is 0.152. The lowest BCUT2D eigenvalue weighted by atomic mass is 10.2. The Hall–Kier alpha value is -0.790. The zero-order valence-electron chi connectivity index (χ0n) is 7.26. The predicted molar refractivity (Wildman–Crippen MR) is 45.2 cm³/mol. The quantitative estimate of drug-likeness (QED) is 0.549. The highest BCUT2D eigenvalue weighted by Gasteiger charge is 2.23. The Morgan fingerprint density at radius 1 is 1.64 bits per heavy atom. The van der Waals surface area contributed by atoms with Crippen molar-refractivity contribution in [2.24, 2.45) is 5.92 Å². The minimum Gasteiger partial charge on any atom is -0.338 e. The highest BCUT2D eigenvalue weighted by Crippen LogP contribution is 2.15. The first-order chi connectivity index (χ1) is 5.11. The number of amides is 1. The van der Waals surface area contributed by atoms with Gasteiger partial charge in [-0.1, -0.05) is 20.4 Å². The summed E-state index contributed by atoms with van der Waals surface area (Å²) in [6, 6.07) is 0. The normalized spacial score (nSPS) is 18.6. The molecule has 1 saturated heterocycles. The summed E-state index contributed by atoms with van der Waals surface area (Å²) < 4.78 is 0. The van der Waals surface area contributed by atoms with Crippen LogP contribution in [0.4, 0.5) is 0 Å². The highest BCUT2D eigenvalue weighted by molar-refractivity contribution is 5.94. The van der Waals surface area contributed by atoms with Crippen molar-refractivity contribution in [1.29, 1.82) is 0 Å². The van der Waals surface area contributed by atoms with Gasteiger partial charge in [0.25, 0.3) is 0 Å². The van der Waals surface area contributed by atoms with Crippen LogP contribution < -0.4 is 0 Å². The molecule has 0 radical (unpaired) electrons. The van der Waals surface area contributed by atoms with Gasteiger partial charge < -0.3 is 4.90 Å². The van der Waals surface area contributed by atoms with Crippen LogP contribution in [0.3, 0.4) is 0 Å². The first-order valence-corrected chi connectivity index (χ1v) is 4.08. The van der Waals surface area contributed by atoms with Gasteiger partial charge >= 0.3 is 0 Å². The van der Waals surface area contributed by atoms with E-state index in [0.29, 0.717) is 5.92 Å². The van der Waals surface area contributed by atoms with Crippen LogP contribution in [-0.2, 0) is 4.79 Å². The summed E-state index contributed by atoms with van der Waals surface area (Å²) in [5.74, 6) is 0.712. The summed E-state index contributed by atoms with van der Waals surface area (Å²) in [5, 5.41) is 0. The van der Waals surface area contributed by atoms with Crippen LogP contribution in [0.2, 0.25) is 0 Å². The molecule has 0 aromatic rings. The van der Waals surface area contributed by atoms with Crippen molar-refractivity contribution >= 4 is 5.91 Å².